The zero-order valence-corrected chi connectivity index (χ0v) is 38.7. The Hall–Kier alpha value is -9.44. The molecule has 0 aliphatic rings. The fraction of sp³-hybridized carbons (Fsp3) is 0. The molecule has 3 heteroatoms. The zero-order valence-electron chi connectivity index (χ0n) is 38.7. The number of anilines is 3. The molecule has 0 saturated heterocycles. The molecule has 0 unspecified atom stereocenters. The lowest BCUT2D eigenvalue weighted by Gasteiger charge is -2.26. The SMILES string of the molecule is c1ccc(-n2c3ccccc3c3cc(-c4ccc(-c5ccc(-c6ccc(N(c7ccc(-c8cccc9ccccc89)cc7)c7cc8ccccc8c8c7oc7ccccc78)cc6)cc5)cc4)ccc32)cc1. The normalized spacial score (nSPS) is 11.7. The fourth-order valence-corrected chi connectivity index (χ4v) is 10.9. The molecule has 14 rings (SSSR count). The molecule has 0 spiro atoms. The molecule has 2 heterocycles. The Labute approximate surface area is 411 Å². The van der Waals surface area contributed by atoms with E-state index in [1.54, 1.807) is 0 Å². The van der Waals surface area contributed by atoms with E-state index in [-0.39, 0.29) is 0 Å². The number of hydrogen-bond donors (Lipinski definition) is 0. The molecule has 0 N–H and O–H groups in total. The van der Waals surface area contributed by atoms with Crippen LogP contribution in [0, 0.1) is 0 Å². The van der Waals surface area contributed by atoms with Crippen molar-refractivity contribution in [1.82, 2.24) is 4.57 Å². The first kappa shape index (κ1) is 40.6. The van der Waals surface area contributed by atoms with Crippen LogP contribution >= 0.6 is 0 Å². The van der Waals surface area contributed by atoms with E-state index in [0.29, 0.717) is 0 Å². The average molecular weight is 905 g/mol. The first-order valence-corrected chi connectivity index (χ1v) is 24.3. The summed E-state index contributed by atoms with van der Waals surface area (Å²) in [6.45, 7) is 0. The minimum absolute atomic E-state index is 0.865. The standard InChI is InChI=1S/C68H44N2O/c1-2-16-54(17-3-1)70-63-23-10-8-20-60(63)62-43-52(37-42-64(62)70)49-31-29-46(30-32-49)45-25-27-47(28-26-45)48-33-38-55(39-34-48)69(56-40-35-51(36-41-56)58-22-12-15-50-13-4-6-18-57(50)58)65-44-53-14-5-7-19-59(53)67-61-21-9-11-24-66(61)71-68(65)67/h1-44H. The van der Waals surface area contributed by atoms with Gasteiger partial charge in [0.1, 0.15) is 5.58 Å². The largest absolute Gasteiger partial charge is 0.454 e. The Morgan fingerprint density at radius 3 is 1.49 bits per heavy atom. The summed E-state index contributed by atoms with van der Waals surface area (Å²) in [5, 5.41) is 9.57. The number of fused-ring (bicyclic) bond motifs is 9. The summed E-state index contributed by atoms with van der Waals surface area (Å²) in [5.74, 6) is 0. The molecule has 0 aliphatic carbocycles. The molecule has 0 aliphatic heterocycles. The lowest BCUT2D eigenvalue weighted by molar-refractivity contribution is 0.669. The molecule has 0 amide bonds. The highest BCUT2D eigenvalue weighted by atomic mass is 16.3. The van der Waals surface area contributed by atoms with Crippen LogP contribution in [0.5, 0.6) is 0 Å². The number of nitrogens with zero attached hydrogens (tertiary/aromatic N) is 2. The highest BCUT2D eigenvalue weighted by Crippen LogP contribution is 2.46. The molecule has 3 nitrogen and oxygen atoms in total. The van der Waals surface area contributed by atoms with Crippen molar-refractivity contribution in [2.24, 2.45) is 0 Å². The maximum Gasteiger partial charge on any atom is 0.160 e. The van der Waals surface area contributed by atoms with Gasteiger partial charge in [-0.05, 0) is 133 Å². The quantitative estimate of drug-likeness (QED) is 0.151. The predicted molar refractivity (Wildman–Crippen MR) is 299 cm³/mol. The van der Waals surface area contributed by atoms with Crippen LogP contribution in [0.1, 0.15) is 0 Å². The Balaban J connectivity index is 0.794. The van der Waals surface area contributed by atoms with Crippen molar-refractivity contribution in [2.75, 3.05) is 4.90 Å². The van der Waals surface area contributed by atoms with Crippen molar-refractivity contribution in [3.05, 3.63) is 267 Å². The van der Waals surface area contributed by atoms with E-state index in [0.717, 1.165) is 55.5 Å². The third-order valence-corrected chi connectivity index (χ3v) is 14.4. The van der Waals surface area contributed by atoms with Crippen molar-refractivity contribution < 1.29 is 4.42 Å². The van der Waals surface area contributed by atoms with Gasteiger partial charge >= 0.3 is 0 Å². The molecule has 0 saturated carbocycles. The van der Waals surface area contributed by atoms with Gasteiger partial charge in [0, 0.05) is 38.6 Å². The van der Waals surface area contributed by atoms with Gasteiger partial charge in [0.15, 0.2) is 5.58 Å². The minimum atomic E-state index is 0.865. The van der Waals surface area contributed by atoms with Crippen LogP contribution in [-0.2, 0) is 0 Å². The molecule has 0 atom stereocenters. The Morgan fingerprint density at radius 1 is 0.310 bits per heavy atom. The molecule has 332 valence electrons. The van der Waals surface area contributed by atoms with Crippen LogP contribution in [0.4, 0.5) is 17.1 Å². The van der Waals surface area contributed by atoms with E-state index in [1.807, 2.05) is 6.07 Å². The second kappa shape index (κ2) is 16.7. The van der Waals surface area contributed by atoms with Crippen molar-refractivity contribution in [2.45, 2.75) is 0 Å². The maximum atomic E-state index is 6.83. The molecule has 0 bridgehead atoms. The molecule has 12 aromatic carbocycles. The number of para-hydroxylation sites is 3. The smallest absolute Gasteiger partial charge is 0.160 e. The summed E-state index contributed by atoms with van der Waals surface area (Å²) in [7, 11) is 0. The molecule has 0 radical (unpaired) electrons. The van der Waals surface area contributed by atoms with Gasteiger partial charge in [-0.2, -0.15) is 0 Å². The van der Waals surface area contributed by atoms with Crippen molar-refractivity contribution in [3.63, 3.8) is 0 Å². The highest BCUT2D eigenvalue weighted by molar-refractivity contribution is 6.23. The molecular weight excluding hydrogens is 861 g/mol. The average Bonchev–Trinajstić information content (AvgIpc) is 4.01. The topological polar surface area (TPSA) is 21.3 Å². The van der Waals surface area contributed by atoms with Gasteiger partial charge in [0.05, 0.1) is 16.7 Å². The number of furan rings is 1. The zero-order chi connectivity index (χ0) is 46.8. The van der Waals surface area contributed by atoms with Crippen molar-refractivity contribution in [1.29, 1.82) is 0 Å². The van der Waals surface area contributed by atoms with Gasteiger partial charge in [-0.3, -0.25) is 0 Å². The van der Waals surface area contributed by atoms with Crippen LogP contribution < -0.4 is 4.90 Å². The molecule has 0 fully saturated rings. The number of hydrogen-bond acceptors (Lipinski definition) is 2. The van der Waals surface area contributed by atoms with Gasteiger partial charge < -0.3 is 13.9 Å². The minimum Gasteiger partial charge on any atom is -0.454 e. The molecule has 2 aromatic heterocycles. The Bertz CT molecular complexity index is 4290. The molecule has 14 aromatic rings. The van der Waals surface area contributed by atoms with Gasteiger partial charge in [0.2, 0.25) is 0 Å². The summed E-state index contributed by atoms with van der Waals surface area (Å²) in [5.41, 5.74) is 17.9. The molecule has 71 heavy (non-hydrogen) atoms. The summed E-state index contributed by atoms with van der Waals surface area (Å²) < 4.78 is 9.19. The second-order valence-corrected chi connectivity index (χ2v) is 18.4. The second-order valence-electron chi connectivity index (χ2n) is 18.4. The van der Waals surface area contributed by atoms with Gasteiger partial charge in [-0.15, -0.1) is 0 Å². The number of rotatable bonds is 8. The van der Waals surface area contributed by atoms with Crippen LogP contribution in [0.15, 0.2) is 271 Å². The predicted octanol–water partition coefficient (Wildman–Crippen LogP) is 19.1. The van der Waals surface area contributed by atoms with Crippen LogP contribution in [0.25, 0.3) is 115 Å². The lowest BCUT2D eigenvalue weighted by Crippen LogP contribution is -2.10. The summed E-state index contributed by atoms with van der Waals surface area (Å²) >= 11 is 0. The first-order valence-electron chi connectivity index (χ1n) is 24.3. The van der Waals surface area contributed by atoms with E-state index < -0.39 is 0 Å². The number of benzene rings is 12. The van der Waals surface area contributed by atoms with Crippen LogP contribution in [0.3, 0.4) is 0 Å². The third kappa shape index (κ3) is 6.89. The Kier molecular flexibility index (Phi) is 9.53. The summed E-state index contributed by atoms with van der Waals surface area (Å²) in [6.07, 6.45) is 0. The number of aromatic nitrogens is 1. The fourth-order valence-electron chi connectivity index (χ4n) is 10.9. The van der Waals surface area contributed by atoms with Gasteiger partial charge in [-0.1, -0.05) is 200 Å². The molecular formula is C68H44N2O. The van der Waals surface area contributed by atoms with Crippen molar-refractivity contribution in [3.8, 4) is 50.2 Å². The summed E-state index contributed by atoms with van der Waals surface area (Å²) in [6, 6.07) is 96.5. The van der Waals surface area contributed by atoms with E-state index in [4.69, 9.17) is 4.42 Å². The summed E-state index contributed by atoms with van der Waals surface area (Å²) in [4.78, 5) is 2.35. The van der Waals surface area contributed by atoms with Gasteiger partial charge in [-0.25, -0.2) is 0 Å². The highest BCUT2D eigenvalue weighted by Gasteiger charge is 2.22. The van der Waals surface area contributed by atoms with E-state index in [2.05, 4.69) is 270 Å². The third-order valence-electron chi connectivity index (χ3n) is 14.4. The van der Waals surface area contributed by atoms with E-state index in [1.165, 1.54) is 77.0 Å². The van der Waals surface area contributed by atoms with Gasteiger partial charge in [0.25, 0.3) is 0 Å². The maximum absolute atomic E-state index is 6.83. The van der Waals surface area contributed by atoms with Crippen molar-refractivity contribution >= 4 is 82.4 Å². The van der Waals surface area contributed by atoms with E-state index >= 15 is 0 Å². The van der Waals surface area contributed by atoms with E-state index in [9.17, 15) is 0 Å². The van der Waals surface area contributed by atoms with Crippen LogP contribution in [-0.4, -0.2) is 4.57 Å². The lowest BCUT2D eigenvalue weighted by atomic mass is 9.97. The Morgan fingerprint density at radius 2 is 0.803 bits per heavy atom. The van der Waals surface area contributed by atoms with Crippen LogP contribution in [0.2, 0.25) is 0 Å². The first-order chi connectivity index (χ1) is 35.2. The monoisotopic (exact) mass is 904 g/mol.